The Balaban J connectivity index is 1.57. The lowest BCUT2D eigenvalue weighted by Gasteiger charge is -2.41. The van der Waals surface area contributed by atoms with Gasteiger partial charge in [-0.2, -0.15) is 0 Å². The van der Waals surface area contributed by atoms with Crippen molar-refractivity contribution in [1.82, 2.24) is 9.80 Å². The van der Waals surface area contributed by atoms with Crippen LogP contribution in [0.25, 0.3) is 0 Å². The van der Waals surface area contributed by atoms with E-state index < -0.39 is 0 Å². The van der Waals surface area contributed by atoms with Gasteiger partial charge in [-0.05, 0) is 49.6 Å². The lowest BCUT2D eigenvalue weighted by atomic mass is 10.1. The van der Waals surface area contributed by atoms with E-state index in [4.69, 9.17) is 9.47 Å². The van der Waals surface area contributed by atoms with Crippen LogP contribution in [0.2, 0.25) is 0 Å². The molecule has 0 radical (unpaired) electrons. The quantitative estimate of drug-likeness (QED) is 0.666. The number of hydrogen-bond donors (Lipinski definition) is 1. The Labute approximate surface area is 174 Å². The first-order valence-corrected chi connectivity index (χ1v) is 10.6. The fourth-order valence-corrected chi connectivity index (χ4v) is 4.20. The van der Waals surface area contributed by atoms with E-state index in [1.165, 1.54) is 5.56 Å². The molecule has 29 heavy (non-hydrogen) atoms. The van der Waals surface area contributed by atoms with Gasteiger partial charge in [0.15, 0.2) is 0 Å². The molecule has 0 bridgehead atoms. The average Bonchev–Trinajstić information content (AvgIpc) is 2.76. The predicted molar refractivity (Wildman–Crippen MR) is 117 cm³/mol. The first-order valence-electron chi connectivity index (χ1n) is 10.6. The summed E-state index contributed by atoms with van der Waals surface area (Å²) in [6.45, 7) is 5.16. The Hall–Kier alpha value is -2.08. The molecule has 0 saturated carbocycles. The summed E-state index contributed by atoms with van der Waals surface area (Å²) >= 11 is 0. The minimum absolute atomic E-state index is 0.232. The van der Waals surface area contributed by atoms with Crippen molar-refractivity contribution in [3.8, 4) is 11.5 Å². The van der Waals surface area contributed by atoms with Crippen LogP contribution in [0.5, 0.6) is 11.5 Å². The van der Waals surface area contributed by atoms with Crippen LogP contribution in [0.1, 0.15) is 24.0 Å². The molecule has 5 nitrogen and oxygen atoms in total. The number of aliphatic hydroxyl groups is 1. The zero-order chi connectivity index (χ0) is 20.5. The van der Waals surface area contributed by atoms with E-state index in [1.54, 1.807) is 14.2 Å². The fraction of sp³-hybridized carbons (Fsp3) is 0.500. The maximum Gasteiger partial charge on any atom is 0.123 e. The highest BCUT2D eigenvalue weighted by Crippen LogP contribution is 2.26. The monoisotopic (exact) mass is 398 g/mol. The van der Waals surface area contributed by atoms with Crippen molar-refractivity contribution in [1.29, 1.82) is 0 Å². The molecular weight excluding hydrogens is 364 g/mol. The van der Waals surface area contributed by atoms with Crippen molar-refractivity contribution >= 4 is 0 Å². The largest absolute Gasteiger partial charge is 0.497 e. The van der Waals surface area contributed by atoms with Gasteiger partial charge in [-0.3, -0.25) is 9.80 Å². The molecule has 1 aliphatic heterocycles. The second kappa shape index (κ2) is 11.2. The van der Waals surface area contributed by atoms with Gasteiger partial charge < -0.3 is 14.6 Å². The normalized spacial score (nSPS) is 18.0. The van der Waals surface area contributed by atoms with E-state index in [9.17, 15) is 5.11 Å². The fourth-order valence-electron chi connectivity index (χ4n) is 4.20. The topological polar surface area (TPSA) is 45.2 Å². The Bertz CT molecular complexity index is 738. The number of ether oxygens (including phenoxy) is 2. The number of nitrogens with zero attached hydrogens (tertiary/aromatic N) is 2. The van der Waals surface area contributed by atoms with Gasteiger partial charge in [0.1, 0.15) is 11.5 Å². The predicted octanol–water partition coefficient (Wildman–Crippen LogP) is 3.21. The highest BCUT2D eigenvalue weighted by atomic mass is 16.5. The minimum Gasteiger partial charge on any atom is -0.497 e. The Kier molecular flexibility index (Phi) is 8.35. The van der Waals surface area contributed by atoms with Crippen molar-refractivity contribution in [3.63, 3.8) is 0 Å². The van der Waals surface area contributed by atoms with Crippen molar-refractivity contribution in [3.05, 3.63) is 59.7 Å². The zero-order valence-electron chi connectivity index (χ0n) is 17.7. The van der Waals surface area contributed by atoms with E-state index in [0.717, 1.165) is 69.0 Å². The molecule has 1 aliphatic rings. The molecule has 3 rings (SSSR count). The maximum atomic E-state index is 9.58. The second-order valence-electron chi connectivity index (χ2n) is 7.70. The average molecular weight is 399 g/mol. The summed E-state index contributed by atoms with van der Waals surface area (Å²) < 4.78 is 10.9. The summed E-state index contributed by atoms with van der Waals surface area (Å²) in [6.07, 6.45) is 3.07. The lowest BCUT2D eigenvalue weighted by Crippen LogP contribution is -2.53. The number of hydrogen-bond acceptors (Lipinski definition) is 5. The molecule has 1 saturated heterocycles. The number of piperazine rings is 1. The van der Waals surface area contributed by atoms with Crippen molar-refractivity contribution < 1.29 is 14.6 Å². The summed E-state index contributed by atoms with van der Waals surface area (Å²) in [4.78, 5) is 5.02. The molecule has 0 unspecified atom stereocenters. The van der Waals surface area contributed by atoms with Crippen LogP contribution in [-0.4, -0.2) is 68.0 Å². The van der Waals surface area contributed by atoms with E-state index in [0.29, 0.717) is 6.04 Å². The van der Waals surface area contributed by atoms with Crippen LogP contribution >= 0.6 is 0 Å². The molecule has 158 valence electrons. The van der Waals surface area contributed by atoms with E-state index >= 15 is 0 Å². The third kappa shape index (κ3) is 6.20. The van der Waals surface area contributed by atoms with Crippen LogP contribution in [0.4, 0.5) is 0 Å². The van der Waals surface area contributed by atoms with E-state index in [2.05, 4.69) is 46.2 Å². The van der Waals surface area contributed by atoms with E-state index in [-0.39, 0.29) is 6.61 Å². The van der Waals surface area contributed by atoms with Crippen LogP contribution in [0.15, 0.2) is 48.5 Å². The summed E-state index contributed by atoms with van der Waals surface area (Å²) in [6, 6.07) is 17.0. The van der Waals surface area contributed by atoms with Crippen LogP contribution in [-0.2, 0) is 13.0 Å². The standard InChI is InChI=1S/C24H34N2O3/c1-28-23-10-11-24(29-2)21(17-23)18-25-14-15-26(22(19-25)12-16-27)13-6-9-20-7-4-3-5-8-20/h3-5,7-8,10-11,17,22,27H,6,9,12-16,18-19H2,1-2H3/t22-/m1/s1. The molecule has 1 fully saturated rings. The molecule has 0 spiro atoms. The highest BCUT2D eigenvalue weighted by Gasteiger charge is 2.26. The third-order valence-electron chi connectivity index (χ3n) is 5.79. The summed E-state index contributed by atoms with van der Waals surface area (Å²) in [5.41, 5.74) is 2.54. The van der Waals surface area contributed by atoms with Gasteiger partial charge in [0.05, 0.1) is 14.2 Å². The van der Waals surface area contributed by atoms with Crippen LogP contribution < -0.4 is 9.47 Å². The number of aliphatic hydroxyl groups excluding tert-OH is 1. The SMILES string of the molecule is COc1ccc(OC)c(CN2CCN(CCCc3ccccc3)[C@H](CCO)C2)c1. The van der Waals surface area contributed by atoms with Gasteiger partial charge in [0.2, 0.25) is 0 Å². The minimum atomic E-state index is 0.232. The number of benzene rings is 2. The van der Waals surface area contributed by atoms with Crippen LogP contribution in [0.3, 0.4) is 0 Å². The summed E-state index contributed by atoms with van der Waals surface area (Å²) in [5.74, 6) is 1.75. The Morgan fingerprint density at radius 3 is 2.59 bits per heavy atom. The molecule has 2 aromatic rings. The van der Waals surface area contributed by atoms with Gasteiger partial charge in [0.25, 0.3) is 0 Å². The maximum absolute atomic E-state index is 9.58. The van der Waals surface area contributed by atoms with Gasteiger partial charge >= 0.3 is 0 Å². The van der Waals surface area contributed by atoms with Gasteiger partial charge in [-0.1, -0.05) is 30.3 Å². The summed E-state index contributed by atoms with van der Waals surface area (Å²) in [7, 11) is 3.40. The van der Waals surface area contributed by atoms with Crippen LogP contribution in [0, 0.1) is 0 Å². The third-order valence-corrected chi connectivity index (χ3v) is 5.79. The molecule has 1 N–H and O–H groups in total. The molecule has 1 atom stereocenters. The van der Waals surface area contributed by atoms with Crippen molar-refractivity contribution in [2.75, 3.05) is 47.0 Å². The van der Waals surface area contributed by atoms with E-state index in [1.807, 2.05) is 12.1 Å². The molecule has 2 aromatic carbocycles. The molecule has 0 aromatic heterocycles. The first-order chi connectivity index (χ1) is 14.2. The van der Waals surface area contributed by atoms with Gasteiger partial charge in [0, 0.05) is 44.4 Å². The number of rotatable bonds is 10. The molecule has 0 amide bonds. The van der Waals surface area contributed by atoms with Gasteiger partial charge in [-0.25, -0.2) is 0 Å². The number of methoxy groups -OCH3 is 2. The lowest BCUT2D eigenvalue weighted by molar-refractivity contribution is 0.0543. The Morgan fingerprint density at radius 1 is 1.03 bits per heavy atom. The second-order valence-corrected chi connectivity index (χ2v) is 7.70. The molecular formula is C24H34N2O3. The number of aryl methyl sites for hydroxylation is 1. The summed E-state index contributed by atoms with van der Waals surface area (Å²) in [5, 5.41) is 9.58. The zero-order valence-corrected chi connectivity index (χ0v) is 17.7. The molecule has 1 heterocycles. The first kappa shape index (κ1) is 21.6. The van der Waals surface area contributed by atoms with Crippen molar-refractivity contribution in [2.45, 2.75) is 31.8 Å². The highest BCUT2D eigenvalue weighted by molar-refractivity contribution is 5.40. The smallest absolute Gasteiger partial charge is 0.123 e. The Morgan fingerprint density at radius 2 is 1.86 bits per heavy atom. The van der Waals surface area contributed by atoms with Crippen molar-refractivity contribution in [2.24, 2.45) is 0 Å². The molecule has 5 heteroatoms. The molecule has 0 aliphatic carbocycles. The van der Waals surface area contributed by atoms with Gasteiger partial charge in [-0.15, -0.1) is 0 Å².